The zero-order chi connectivity index (χ0) is 20.1. The molecule has 3 atom stereocenters. The van der Waals surface area contributed by atoms with Gasteiger partial charge in [0.15, 0.2) is 0 Å². The standard InChI is InChI=1S/C22H31NO4/c1-4-5-8-11-18(2)20(24)15-13-19-14-16-21(25)23(19)17-10-7-6-9-12-22(26)27-3/h13,15,18-20,24H,4,6,9,11-12,14,16-17H2,1-3H3/t18-,19-,20+/m0/s1. The minimum absolute atomic E-state index is 0.0227. The van der Waals surface area contributed by atoms with Crippen LogP contribution >= 0.6 is 0 Å². The van der Waals surface area contributed by atoms with E-state index in [1.165, 1.54) is 7.11 Å². The minimum Gasteiger partial charge on any atom is -0.469 e. The number of carbonyl (C=O) groups excluding carboxylic acids is 2. The summed E-state index contributed by atoms with van der Waals surface area (Å²) in [5, 5.41) is 10.2. The van der Waals surface area contributed by atoms with Gasteiger partial charge in [-0.05, 0) is 18.8 Å². The fourth-order valence-electron chi connectivity index (χ4n) is 2.72. The second-order valence-electron chi connectivity index (χ2n) is 6.67. The predicted octanol–water partition coefficient (Wildman–Crippen LogP) is 2.68. The number of aliphatic hydroxyl groups is 1. The van der Waals surface area contributed by atoms with Gasteiger partial charge in [0, 0.05) is 32.1 Å². The van der Waals surface area contributed by atoms with Crippen LogP contribution < -0.4 is 0 Å². The molecule has 0 aromatic rings. The average Bonchev–Trinajstić information content (AvgIpc) is 3.02. The van der Waals surface area contributed by atoms with E-state index < -0.39 is 6.10 Å². The van der Waals surface area contributed by atoms with Crippen molar-refractivity contribution in [1.82, 2.24) is 4.90 Å². The summed E-state index contributed by atoms with van der Waals surface area (Å²) in [5.41, 5.74) is 0. The van der Waals surface area contributed by atoms with Crippen molar-refractivity contribution < 1.29 is 19.4 Å². The Balaban J connectivity index is 2.48. The molecular formula is C22H31NO4. The number of aliphatic hydroxyl groups excluding tert-OH is 1. The van der Waals surface area contributed by atoms with Gasteiger partial charge in [-0.2, -0.15) is 0 Å². The number of hydrogen-bond acceptors (Lipinski definition) is 4. The van der Waals surface area contributed by atoms with Crippen LogP contribution in [0.3, 0.4) is 0 Å². The monoisotopic (exact) mass is 373 g/mol. The number of nitrogens with zero attached hydrogens (tertiary/aromatic N) is 1. The summed E-state index contributed by atoms with van der Waals surface area (Å²) < 4.78 is 4.58. The molecule has 5 heteroatoms. The Kier molecular flexibility index (Phi) is 11.0. The summed E-state index contributed by atoms with van der Waals surface area (Å²) >= 11 is 0. The number of amides is 1. The van der Waals surface area contributed by atoms with Crippen LogP contribution in [0, 0.1) is 29.6 Å². The molecule has 0 aromatic heterocycles. The van der Waals surface area contributed by atoms with Gasteiger partial charge in [0.05, 0.1) is 25.8 Å². The number of methoxy groups -OCH3 is 1. The molecule has 1 rings (SSSR count). The van der Waals surface area contributed by atoms with Crippen LogP contribution in [0.4, 0.5) is 0 Å². The molecule has 0 saturated carbocycles. The maximum absolute atomic E-state index is 12.1. The van der Waals surface area contributed by atoms with Crippen molar-refractivity contribution in [2.45, 2.75) is 70.9 Å². The van der Waals surface area contributed by atoms with Gasteiger partial charge in [-0.3, -0.25) is 9.59 Å². The lowest BCUT2D eigenvalue weighted by molar-refractivity contribution is -0.140. The normalized spacial score (nSPS) is 18.4. The largest absolute Gasteiger partial charge is 0.469 e. The lowest BCUT2D eigenvalue weighted by Gasteiger charge is -2.20. The molecule has 27 heavy (non-hydrogen) atoms. The second kappa shape index (κ2) is 13.0. The van der Waals surface area contributed by atoms with E-state index >= 15 is 0 Å². The van der Waals surface area contributed by atoms with E-state index in [1.54, 1.807) is 11.0 Å². The molecule has 1 aliphatic heterocycles. The molecule has 1 saturated heterocycles. The highest BCUT2D eigenvalue weighted by Crippen LogP contribution is 2.20. The summed E-state index contributed by atoms with van der Waals surface area (Å²) in [6, 6.07) is -0.0227. The maximum Gasteiger partial charge on any atom is 0.305 e. The summed E-state index contributed by atoms with van der Waals surface area (Å²) in [6.45, 7) is 4.35. The van der Waals surface area contributed by atoms with Gasteiger partial charge in [-0.15, -0.1) is 17.8 Å². The van der Waals surface area contributed by atoms with Crippen molar-refractivity contribution in [1.29, 1.82) is 0 Å². The molecule has 1 heterocycles. The summed E-state index contributed by atoms with van der Waals surface area (Å²) in [4.78, 5) is 24.8. The van der Waals surface area contributed by atoms with Crippen molar-refractivity contribution in [2.24, 2.45) is 5.92 Å². The number of rotatable bonds is 8. The fourth-order valence-corrected chi connectivity index (χ4v) is 2.72. The summed E-state index contributed by atoms with van der Waals surface area (Å²) in [6.07, 6.45) is 7.47. The average molecular weight is 373 g/mol. The van der Waals surface area contributed by atoms with E-state index in [2.05, 4.69) is 28.4 Å². The number of unbranched alkanes of at least 4 members (excludes halogenated alkanes) is 1. The van der Waals surface area contributed by atoms with Crippen molar-refractivity contribution in [3.05, 3.63) is 12.2 Å². The van der Waals surface area contributed by atoms with Crippen LogP contribution in [0.15, 0.2) is 12.2 Å². The molecule has 0 aliphatic carbocycles. The van der Waals surface area contributed by atoms with E-state index in [9.17, 15) is 14.7 Å². The predicted molar refractivity (Wildman–Crippen MR) is 105 cm³/mol. The third-order valence-electron chi connectivity index (χ3n) is 4.50. The van der Waals surface area contributed by atoms with E-state index in [4.69, 9.17) is 0 Å². The Labute approximate surface area is 163 Å². The first kappa shape index (κ1) is 22.8. The highest BCUT2D eigenvalue weighted by Gasteiger charge is 2.28. The number of likely N-dealkylation sites (tertiary alicyclic amines) is 1. The molecular weight excluding hydrogens is 342 g/mol. The van der Waals surface area contributed by atoms with Gasteiger partial charge >= 0.3 is 5.97 Å². The van der Waals surface area contributed by atoms with Crippen LogP contribution in [-0.2, 0) is 14.3 Å². The molecule has 0 unspecified atom stereocenters. The zero-order valence-corrected chi connectivity index (χ0v) is 16.7. The maximum atomic E-state index is 12.1. The summed E-state index contributed by atoms with van der Waals surface area (Å²) in [5.74, 6) is 12.0. The number of carbonyl (C=O) groups is 2. The van der Waals surface area contributed by atoms with E-state index in [1.807, 2.05) is 19.9 Å². The topological polar surface area (TPSA) is 66.8 Å². The van der Waals surface area contributed by atoms with Crippen LogP contribution in [0.1, 0.15) is 58.8 Å². The van der Waals surface area contributed by atoms with Crippen LogP contribution in [0.5, 0.6) is 0 Å². The molecule has 1 N–H and O–H groups in total. The lowest BCUT2D eigenvalue weighted by atomic mass is 10.00. The lowest BCUT2D eigenvalue weighted by Crippen LogP contribution is -2.32. The Hall–Kier alpha value is -2.24. The van der Waals surface area contributed by atoms with Gasteiger partial charge in [0.25, 0.3) is 0 Å². The zero-order valence-electron chi connectivity index (χ0n) is 16.7. The van der Waals surface area contributed by atoms with Crippen LogP contribution in [0.25, 0.3) is 0 Å². The van der Waals surface area contributed by atoms with E-state index in [0.717, 1.165) is 12.8 Å². The van der Waals surface area contributed by atoms with Gasteiger partial charge in [-0.1, -0.05) is 31.9 Å². The smallest absolute Gasteiger partial charge is 0.305 e. The Morgan fingerprint density at radius 3 is 2.85 bits per heavy atom. The highest BCUT2D eigenvalue weighted by molar-refractivity contribution is 5.79. The molecule has 0 bridgehead atoms. The third-order valence-corrected chi connectivity index (χ3v) is 4.50. The number of ether oxygens (including phenoxy) is 1. The minimum atomic E-state index is -0.571. The molecule has 0 spiro atoms. The first-order chi connectivity index (χ1) is 13.0. The SMILES string of the molecule is CCC#CC[C@H](C)[C@H](O)C=C[C@H]1CCC(=O)N1CC#CCCCC(=O)OC. The molecule has 0 aromatic carbocycles. The van der Waals surface area contributed by atoms with E-state index in [0.29, 0.717) is 38.6 Å². The van der Waals surface area contributed by atoms with Crippen molar-refractivity contribution in [3.63, 3.8) is 0 Å². The summed E-state index contributed by atoms with van der Waals surface area (Å²) in [7, 11) is 1.37. The molecule has 5 nitrogen and oxygen atoms in total. The van der Waals surface area contributed by atoms with Crippen molar-refractivity contribution in [2.75, 3.05) is 13.7 Å². The van der Waals surface area contributed by atoms with E-state index in [-0.39, 0.29) is 23.8 Å². The van der Waals surface area contributed by atoms with Crippen LogP contribution in [0.2, 0.25) is 0 Å². The fraction of sp³-hybridized carbons (Fsp3) is 0.636. The number of esters is 1. The molecule has 1 fully saturated rings. The quantitative estimate of drug-likeness (QED) is 0.307. The van der Waals surface area contributed by atoms with Gasteiger partial charge in [-0.25, -0.2) is 0 Å². The Morgan fingerprint density at radius 2 is 2.15 bits per heavy atom. The molecule has 148 valence electrons. The molecule has 0 radical (unpaired) electrons. The highest BCUT2D eigenvalue weighted by atomic mass is 16.5. The third kappa shape index (κ3) is 8.80. The van der Waals surface area contributed by atoms with Gasteiger partial charge in [0.2, 0.25) is 5.91 Å². The van der Waals surface area contributed by atoms with Crippen molar-refractivity contribution >= 4 is 11.9 Å². The number of hydrogen-bond donors (Lipinski definition) is 1. The van der Waals surface area contributed by atoms with Gasteiger partial charge in [0.1, 0.15) is 0 Å². The first-order valence-corrected chi connectivity index (χ1v) is 9.63. The van der Waals surface area contributed by atoms with Crippen molar-refractivity contribution in [3.8, 4) is 23.7 Å². The molecule has 1 aliphatic rings. The van der Waals surface area contributed by atoms with Gasteiger partial charge < -0.3 is 14.7 Å². The second-order valence-corrected chi connectivity index (χ2v) is 6.67. The van der Waals surface area contributed by atoms with Crippen LogP contribution in [-0.4, -0.2) is 47.7 Å². The Bertz CT molecular complexity index is 632. The first-order valence-electron chi connectivity index (χ1n) is 9.63. The molecule has 1 amide bonds. The Morgan fingerprint density at radius 1 is 1.37 bits per heavy atom.